The lowest BCUT2D eigenvalue weighted by molar-refractivity contribution is 0.505. The van der Waals surface area contributed by atoms with Crippen LogP contribution >= 0.6 is 41.1 Å². The highest BCUT2D eigenvalue weighted by atomic mass is 33.1. The average Bonchev–Trinajstić information content (AvgIpc) is 2.13. The molecular weight excluding hydrogens is 289 g/mol. The van der Waals surface area contributed by atoms with Crippen LogP contribution in [0.25, 0.3) is 0 Å². The van der Waals surface area contributed by atoms with Crippen molar-refractivity contribution < 1.29 is 4.57 Å². The molecule has 0 aliphatic heterocycles. The lowest BCUT2D eigenvalue weighted by Gasteiger charge is -2.24. The number of nitrogens with one attached hydrogen (secondary N) is 1. The summed E-state index contributed by atoms with van der Waals surface area (Å²) in [5.41, 5.74) is -2.92. The van der Waals surface area contributed by atoms with Crippen LogP contribution in [0.15, 0.2) is 34.1 Å². The molecule has 0 bridgehead atoms. The van der Waals surface area contributed by atoms with E-state index in [4.69, 9.17) is 0 Å². The highest BCUT2D eigenvalue weighted by Gasteiger charge is 2.24. The van der Waals surface area contributed by atoms with Crippen LogP contribution in [0.5, 0.6) is 0 Å². The minimum absolute atomic E-state index is 0.207. The topological polar surface area (TPSA) is 29.1 Å². The SMILES string of the molecule is CSc1cccc(SP(=O)(S)NC(C)(C)C)c1. The van der Waals surface area contributed by atoms with Crippen LogP contribution in [0.3, 0.4) is 0 Å². The van der Waals surface area contributed by atoms with Crippen LogP contribution in [-0.4, -0.2) is 11.8 Å². The number of benzene rings is 1. The second-order valence-corrected chi connectivity index (χ2v) is 12.0. The van der Waals surface area contributed by atoms with Gasteiger partial charge in [0.05, 0.1) is 0 Å². The summed E-state index contributed by atoms with van der Waals surface area (Å²) in [5.74, 6) is 0. The minimum Gasteiger partial charge on any atom is -0.283 e. The quantitative estimate of drug-likeness (QED) is 0.469. The Labute approximate surface area is 117 Å². The van der Waals surface area contributed by atoms with Gasteiger partial charge in [-0.2, -0.15) is 0 Å². The van der Waals surface area contributed by atoms with Crippen molar-refractivity contribution in [2.75, 3.05) is 6.26 Å². The Balaban J connectivity index is 2.79. The van der Waals surface area contributed by atoms with Gasteiger partial charge in [0.15, 0.2) is 0 Å². The first-order chi connectivity index (χ1) is 7.72. The maximum atomic E-state index is 12.3. The first kappa shape index (κ1) is 15.5. The summed E-state index contributed by atoms with van der Waals surface area (Å²) in [4.78, 5) is 2.14. The van der Waals surface area contributed by atoms with Crippen LogP contribution in [0.1, 0.15) is 20.8 Å². The fourth-order valence-electron chi connectivity index (χ4n) is 1.25. The molecule has 17 heavy (non-hydrogen) atoms. The molecule has 0 aromatic heterocycles. The molecule has 0 radical (unpaired) electrons. The van der Waals surface area contributed by atoms with Crippen molar-refractivity contribution in [1.29, 1.82) is 0 Å². The summed E-state index contributed by atoms with van der Waals surface area (Å²) >= 11 is 7.23. The van der Waals surface area contributed by atoms with Gasteiger partial charge in [-0.1, -0.05) is 18.3 Å². The van der Waals surface area contributed by atoms with E-state index in [1.54, 1.807) is 11.8 Å². The van der Waals surface area contributed by atoms with Gasteiger partial charge in [-0.3, -0.25) is 4.57 Å². The molecule has 0 saturated heterocycles. The monoisotopic (exact) mass is 307 g/mol. The van der Waals surface area contributed by atoms with E-state index in [0.29, 0.717) is 0 Å². The van der Waals surface area contributed by atoms with E-state index in [1.807, 2.05) is 51.3 Å². The number of hydrogen-bond donors (Lipinski definition) is 2. The van der Waals surface area contributed by atoms with E-state index >= 15 is 0 Å². The number of rotatable bonds is 4. The molecule has 0 saturated carbocycles. The molecule has 1 atom stereocenters. The van der Waals surface area contributed by atoms with Crippen LogP contribution in [-0.2, 0) is 4.57 Å². The third-order valence-electron chi connectivity index (χ3n) is 1.75. The smallest absolute Gasteiger partial charge is 0.256 e. The normalized spacial score (nSPS) is 15.6. The number of thioether (sulfide) groups is 1. The molecule has 1 unspecified atom stereocenters. The zero-order chi connectivity index (χ0) is 13.1. The molecule has 2 nitrogen and oxygen atoms in total. The molecule has 1 rings (SSSR count). The van der Waals surface area contributed by atoms with E-state index in [2.05, 4.69) is 17.3 Å². The van der Waals surface area contributed by atoms with E-state index in [9.17, 15) is 4.57 Å². The van der Waals surface area contributed by atoms with Crippen LogP contribution < -0.4 is 5.09 Å². The van der Waals surface area contributed by atoms with E-state index in [-0.39, 0.29) is 5.54 Å². The van der Waals surface area contributed by atoms with Crippen LogP contribution in [0.4, 0.5) is 0 Å². The van der Waals surface area contributed by atoms with E-state index < -0.39 is 5.70 Å². The molecule has 96 valence electrons. The molecule has 6 heteroatoms. The van der Waals surface area contributed by atoms with E-state index in [0.717, 1.165) is 4.90 Å². The molecule has 0 fully saturated rings. The summed E-state index contributed by atoms with van der Waals surface area (Å²) in [6.07, 6.45) is 2.03. The molecule has 1 N–H and O–H groups in total. The minimum atomic E-state index is -2.71. The first-order valence-corrected chi connectivity index (χ1v) is 10.7. The average molecular weight is 307 g/mol. The Morgan fingerprint density at radius 1 is 1.29 bits per heavy atom. The molecule has 0 amide bonds. The zero-order valence-electron chi connectivity index (χ0n) is 10.4. The molecule has 0 aliphatic carbocycles. The summed E-state index contributed by atoms with van der Waals surface area (Å²) in [6.45, 7) is 5.94. The van der Waals surface area contributed by atoms with Crippen molar-refractivity contribution >= 4 is 41.1 Å². The first-order valence-electron chi connectivity index (χ1n) is 5.18. The van der Waals surface area contributed by atoms with Crippen molar-refractivity contribution in [3.8, 4) is 0 Å². The molecular formula is C11H18NOPS3. The Bertz CT molecular complexity index is 431. The van der Waals surface area contributed by atoms with Gasteiger partial charge >= 0.3 is 0 Å². The Hall–Kier alpha value is 0.460. The third-order valence-corrected chi connectivity index (χ3v) is 6.82. The Morgan fingerprint density at radius 2 is 1.88 bits per heavy atom. The molecule has 0 spiro atoms. The highest BCUT2D eigenvalue weighted by molar-refractivity contribution is 8.85. The molecule has 0 heterocycles. The predicted octanol–water partition coefficient (Wildman–Crippen LogP) is 4.93. The predicted molar refractivity (Wildman–Crippen MR) is 83.6 cm³/mol. The molecule has 0 aliphatic rings. The van der Waals surface area contributed by atoms with Gasteiger partial charge in [-0.15, -0.1) is 11.8 Å². The van der Waals surface area contributed by atoms with Crippen molar-refractivity contribution in [1.82, 2.24) is 5.09 Å². The molecule has 1 aromatic carbocycles. The van der Waals surface area contributed by atoms with Crippen molar-refractivity contribution in [3.63, 3.8) is 0 Å². The maximum Gasteiger partial charge on any atom is 0.256 e. The second kappa shape index (κ2) is 6.07. The standard InChI is InChI=1S/C11H18NOPS3/c1-11(2,3)12-14(13,15)17-10-7-5-6-9(8-10)16-4/h5-8H,1-4H3,(H2,12,13,15). The maximum absolute atomic E-state index is 12.3. The van der Waals surface area contributed by atoms with Crippen LogP contribution in [0.2, 0.25) is 0 Å². The van der Waals surface area contributed by atoms with Crippen LogP contribution in [0, 0.1) is 0 Å². The van der Waals surface area contributed by atoms with Gasteiger partial charge in [0.25, 0.3) is 5.70 Å². The molecule has 1 aromatic rings. The van der Waals surface area contributed by atoms with Crippen molar-refractivity contribution in [2.24, 2.45) is 0 Å². The van der Waals surface area contributed by atoms with E-state index in [1.165, 1.54) is 16.3 Å². The Morgan fingerprint density at radius 3 is 2.41 bits per heavy atom. The third kappa shape index (κ3) is 6.25. The van der Waals surface area contributed by atoms with Gasteiger partial charge < -0.3 is 0 Å². The second-order valence-electron chi connectivity index (χ2n) is 4.65. The fourth-order valence-corrected chi connectivity index (χ4v) is 7.18. The van der Waals surface area contributed by atoms with Crippen molar-refractivity contribution in [3.05, 3.63) is 24.3 Å². The fraction of sp³-hybridized carbons (Fsp3) is 0.455. The summed E-state index contributed by atoms with van der Waals surface area (Å²) < 4.78 is 12.3. The lowest BCUT2D eigenvalue weighted by atomic mass is 10.1. The summed E-state index contributed by atoms with van der Waals surface area (Å²) in [5, 5.41) is 3.06. The van der Waals surface area contributed by atoms with Gasteiger partial charge in [0.2, 0.25) is 0 Å². The lowest BCUT2D eigenvalue weighted by Crippen LogP contribution is -2.31. The van der Waals surface area contributed by atoms with Gasteiger partial charge in [0, 0.05) is 15.3 Å². The van der Waals surface area contributed by atoms with Crippen molar-refractivity contribution in [2.45, 2.75) is 36.1 Å². The summed E-state index contributed by atoms with van der Waals surface area (Å²) in [7, 11) is 0. The largest absolute Gasteiger partial charge is 0.283 e. The van der Waals surface area contributed by atoms with Gasteiger partial charge in [0.1, 0.15) is 0 Å². The van der Waals surface area contributed by atoms with Gasteiger partial charge in [-0.05, 0) is 56.6 Å². The Kier molecular flexibility index (Phi) is 5.54. The number of thiol groups is 1. The zero-order valence-corrected chi connectivity index (χ0v) is 13.9. The summed E-state index contributed by atoms with van der Waals surface area (Å²) in [6, 6.07) is 7.99. The highest BCUT2D eigenvalue weighted by Crippen LogP contribution is 2.63. The number of hydrogen-bond acceptors (Lipinski definition) is 3. The van der Waals surface area contributed by atoms with Gasteiger partial charge in [-0.25, -0.2) is 5.09 Å².